The highest BCUT2D eigenvalue weighted by Gasteiger charge is 2.24. The molecule has 1 N–H and O–H groups in total. The van der Waals surface area contributed by atoms with Crippen molar-refractivity contribution in [3.05, 3.63) is 53.2 Å². The standard InChI is InChI=1S/C19H23N3O3/c1-13-11-17(14(2)25-13)18(23)21-12-15-5-9-22(10-6-15)19(24)16-3-7-20-8-4-16/h3-4,7-8,11,15H,5-6,9-10,12H2,1-2H3,(H,21,23). The van der Waals surface area contributed by atoms with Crippen LogP contribution in [-0.2, 0) is 0 Å². The van der Waals surface area contributed by atoms with Crippen molar-refractivity contribution in [2.45, 2.75) is 26.7 Å². The van der Waals surface area contributed by atoms with Gasteiger partial charge in [-0.15, -0.1) is 0 Å². The Balaban J connectivity index is 1.47. The molecule has 0 saturated carbocycles. The van der Waals surface area contributed by atoms with E-state index in [2.05, 4.69) is 10.3 Å². The molecule has 25 heavy (non-hydrogen) atoms. The molecule has 1 saturated heterocycles. The van der Waals surface area contributed by atoms with Gasteiger partial charge < -0.3 is 14.6 Å². The number of rotatable bonds is 4. The number of nitrogens with zero attached hydrogens (tertiary/aromatic N) is 2. The van der Waals surface area contributed by atoms with Crippen LogP contribution in [0.3, 0.4) is 0 Å². The normalized spacial score (nSPS) is 15.2. The maximum Gasteiger partial charge on any atom is 0.254 e. The molecule has 2 aromatic rings. The Morgan fingerprint density at radius 3 is 2.52 bits per heavy atom. The lowest BCUT2D eigenvalue weighted by molar-refractivity contribution is 0.0684. The zero-order valence-corrected chi connectivity index (χ0v) is 14.6. The van der Waals surface area contributed by atoms with Gasteiger partial charge in [-0.05, 0) is 50.8 Å². The van der Waals surface area contributed by atoms with Gasteiger partial charge in [-0.1, -0.05) is 0 Å². The Hall–Kier alpha value is -2.63. The van der Waals surface area contributed by atoms with E-state index in [1.807, 2.05) is 11.8 Å². The van der Waals surface area contributed by atoms with E-state index in [1.165, 1.54) is 0 Å². The van der Waals surface area contributed by atoms with Gasteiger partial charge in [0.25, 0.3) is 11.8 Å². The summed E-state index contributed by atoms with van der Waals surface area (Å²) < 4.78 is 5.40. The molecule has 1 fully saturated rings. The minimum absolute atomic E-state index is 0.0504. The molecule has 132 valence electrons. The summed E-state index contributed by atoms with van der Waals surface area (Å²) in [6.07, 6.45) is 5.05. The third-order valence-electron chi connectivity index (χ3n) is 4.67. The molecule has 6 heteroatoms. The lowest BCUT2D eigenvalue weighted by Crippen LogP contribution is -2.41. The summed E-state index contributed by atoms with van der Waals surface area (Å²) in [5.74, 6) is 1.73. The van der Waals surface area contributed by atoms with Crippen molar-refractivity contribution in [1.82, 2.24) is 15.2 Å². The zero-order valence-electron chi connectivity index (χ0n) is 14.6. The molecule has 0 aromatic carbocycles. The molecule has 2 amide bonds. The highest BCUT2D eigenvalue weighted by Crippen LogP contribution is 2.19. The van der Waals surface area contributed by atoms with Gasteiger partial charge in [-0.3, -0.25) is 14.6 Å². The Bertz CT molecular complexity index is 747. The van der Waals surface area contributed by atoms with Crippen LogP contribution in [0.25, 0.3) is 0 Å². The van der Waals surface area contributed by atoms with Crippen molar-refractivity contribution in [2.24, 2.45) is 5.92 Å². The van der Waals surface area contributed by atoms with E-state index in [1.54, 1.807) is 37.5 Å². The number of hydrogen-bond acceptors (Lipinski definition) is 4. The first-order valence-electron chi connectivity index (χ1n) is 8.59. The molecule has 3 heterocycles. The van der Waals surface area contributed by atoms with Crippen molar-refractivity contribution < 1.29 is 14.0 Å². The van der Waals surface area contributed by atoms with E-state index in [0.29, 0.717) is 42.4 Å². The van der Waals surface area contributed by atoms with E-state index in [0.717, 1.165) is 18.6 Å². The average Bonchev–Trinajstić information content (AvgIpc) is 2.98. The summed E-state index contributed by atoms with van der Waals surface area (Å²) in [4.78, 5) is 30.5. The first-order chi connectivity index (χ1) is 12.0. The molecule has 3 rings (SSSR count). The fourth-order valence-corrected chi connectivity index (χ4v) is 3.21. The molecule has 1 aliphatic rings. The van der Waals surface area contributed by atoms with Gasteiger partial charge in [-0.25, -0.2) is 0 Å². The lowest BCUT2D eigenvalue weighted by atomic mass is 9.96. The van der Waals surface area contributed by atoms with Crippen LogP contribution in [0, 0.1) is 19.8 Å². The number of pyridine rings is 1. The number of nitrogens with one attached hydrogen (secondary N) is 1. The van der Waals surface area contributed by atoms with Crippen LogP contribution in [0.5, 0.6) is 0 Å². The SMILES string of the molecule is Cc1cc(C(=O)NCC2CCN(C(=O)c3ccncc3)CC2)c(C)o1. The van der Waals surface area contributed by atoms with Crippen LogP contribution < -0.4 is 5.32 Å². The molecule has 2 aromatic heterocycles. The number of furan rings is 1. The second-order valence-corrected chi connectivity index (χ2v) is 6.51. The van der Waals surface area contributed by atoms with Gasteiger partial charge in [0, 0.05) is 37.6 Å². The molecular formula is C19H23N3O3. The monoisotopic (exact) mass is 341 g/mol. The maximum atomic E-state index is 12.4. The summed E-state index contributed by atoms with van der Waals surface area (Å²) in [7, 11) is 0. The van der Waals surface area contributed by atoms with Gasteiger partial charge >= 0.3 is 0 Å². The number of aromatic nitrogens is 1. The first kappa shape index (κ1) is 17.2. The Kier molecular flexibility index (Phi) is 5.16. The second-order valence-electron chi connectivity index (χ2n) is 6.51. The zero-order chi connectivity index (χ0) is 17.8. The topological polar surface area (TPSA) is 75.4 Å². The predicted octanol–water partition coefficient (Wildman–Crippen LogP) is 2.57. The van der Waals surface area contributed by atoms with Crippen molar-refractivity contribution >= 4 is 11.8 Å². The number of likely N-dealkylation sites (tertiary alicyclic amines) is 1. The van der Waals surface area contributed by atoms with E-state index < -0.39 is 0 Å². The third kappa shape index (κ3) is 4.07. The third-order valence-corrected chi connectivity index (χ3v) is 4.67. The number of aryl methyl sites for hydroxylation is 2. The largest absolute Gasteiger partial charge is 0.466 e. The Morgan fingerprint density at radius 1 is 1.24 bits per heavy atom. The number of carbonyl (C=O) groups is 2. The Labute approximate surface area is 147 Å². The van der Waals surface area contributed by atoms with Gasteiger partial charge in [-0.2, -0.15) is 0 Å². The first-order valence-corrected chi connectivity index (χ1v) is 8.59. The number of hydrogen-bond donors (Lipinski definition) is 1. The smallest absolute Gasteiger partial charge is 0.254 e. The van der Waals surface area contributed by atoms with E-state index in [9.17, 15) is 9.59 Å². The van der Waals surface area contributed by atoms with Crippen LogP contribution in [0.15, 0.2) is 35.0 Å². The van der Waals surface area contributed by atoms with Crippen LogP contribution >= 0.6 is 0 Å². The quantitative estimate of drug-likeness (QED) is 0.927. The number of amides is 2. The highest BCUT2D eigenvalue weighted by molar-refractivity contribution is 5.95. The number of piperidine rings is 1. The summed E-state index contributed by atoms with van der Waals surface area (Å²) in [5, 5.41) is 2.99. The molecule has 0 bridgehead atoms. The van der Waals surface area contributed by atoms with E-state index in [4.69, 9.17) is 4.42 Å². The summed E-state index contributed by atoms with van der Waals surface area (Å²) in [6.45, 7) is 5.68. The molecule has 0 atom stereocenters. The minimum atomic E-state index is -0.0929. The van der Waals surface area contributed by atoms with Crippen molar-refractivity contribution in [1.29, 1.82) is 0 Å². The fourth-order valence-electron chi connectivity index (χ4n) is 3.21. The van der Waals surface area contributed by atoms with Crippen LogP contribution in [0.2, 0.25) is 0 Å². The number of carbonyl (C=O) groups excluding carboxylic acids is 2. The molecule has 6 nitrogen and oxygen atoms in total. The molecule has 0 radical (unpaired) electrons. The lowest BCUT2D eigenvalue weighted by Gasteiger charge is -2.32. The molecule has 1 aliphatic heterocycles. The second kappa shape index (κ2) is 7.51. The van der Waals surface area contributed by atoms with Gasteiger partial charge in [0.1, 0.15) is 11.5 Å². The molecule has 0 aliphatic carbocycles. The maximum absolute atomic E-state index is 12.4. The van der Waals surface area contributed by atoms with Crippen LogP contribution in [-0.4, -0.2) is 41.3 Å². The van der Waals surface area contributed by atoms with Gasteiger partial charge in [0.05, 0.1) is 5.56 Å². The molecule has 0 spiro atoms. The van der Waals surface area contributed by atoms with E-state index >= 15 is 0 Å². The highest BCUT2D eigenvalue weighted by atomic mass is 16.3. The fraction of sp³-hybridized carbons (Fsp3) is 0.421. The van der Waals surface area contributed by atoms with Crippen molar-refractivity contribution in [3.8, 4) is 0 Å². The van der Waals surface area contributed by atoms with Gasteiger partial charge in [0.2, 0.25) is 0 Å². The van der Waals surface area contributed by atoms with Crippen molar-refractivity contribution in [2.75, 3.05) is 19.6 Å². The average molecular weight is 341 g/mol. The van der Waals surface area contributed by atoms with Crippen molar-refractivity contribution in [3.63, 3.8) is 0 Å². The Morgan fingerprint density at radius 2 is 1.92 bits per heavy atom. The molecular weight excluding hydrogens is 318 g/mol. The minimum Gasteiger partial charge on any atom is -0.466 e. The summed E-state index contributed by atoms with van der Waals surface area (Å²) in [5.41, 5.74) is 1.27. The van der Waals surface area contributed by atoms with E-state index in [-0.39, 0.29) is 11.8 Å². The summed E-state index contributed by atoms with van der Waals surface area (Å²) in [6, 6.07) is 5.24. The predicted molar refractivity (Wildman–Crippen MR) is 93.4 cm³/mol. The van der Waals surface area contributed by atoms with Crippen LogP contribution in [0.4, 0.5) is 0 Å². The van der Waals surface area contributed by atoms with Crippen LogP contribution in [0.1, 0.15) is 45.1 Å². The summed E-state index contributed by atoms with van der Waals surface area (Å²) >= 11 is 0. The molecule has 0 unspecified atom stereocenters. The van der Waals surface area contributed by atoms with Gasteiger partial charge in [0.15, 0.2) is 0 Å².